The van der Waals surface area contributed by atoms with Crippen LogP contribution in [0.5, 0.6) is 0 Å². The Morgan fingerprint density at radius 2 is 1.95 bits per heavy atom. The molecule has 0 saturated carbocycles. The predicted octanol–water partition coefficient (Wildman–Crippen LogP) is 0.414. The van der Waals surface area contributed by atoms with Crippen molar-refractivity contribution in [3.8, 4) is 0 Å². The third-order valence-corrected chi connectivity index (χ3v) is 2.69. The van der Waals surface area contributed by atoms with E-state index in [0.29, 0.717) is 26.2 Å². The highest BCUT2D eigenvalue weighted by molar-refractivity contribution is 5.78. The number of nitrogens with zero attached hydrogens (tertiary/aromatic N) is 1. The molecule has 0 atom stereocenters. The molecule has 0 aromatic heterocycles. The average molecular weight is 274 g/mol. The number of unbranched alkanes of at least 4 members (excludes halogenated alkanes) is 1. The number of rotatable bonds is 11. The van der Waals surface area contributed by atoms with Gasteiger partial charge < -0.3 is 14.8 Å². The summed E-state index contributed by atoms with van der Waals surface area (Å²) < 4.78 is 9.59. The Bertz CT molecular complexity index is 259. The van der Waals surface area contributed by atoms with Crippen molar-refractivity contribution in [3.05, 3.63) is 0 Å². The summed E-state index contributed by atoms with van der Waals surface area (Å²) in [5.41, 5.74) is 0. The van der Waals surface area contributed by atoms with Gasteiger partial charge in [0.2, 0.25) is 5.91 Å². The lowest BCUT2D eigenvalue weighted by Gasteiger charge is -2.20. The summed E-state index contributed by atoms with van der Waals surface area (Å²) >= 11 is 0. The van der Waals surface area contributed by atoms with Gasteiger partial charge in [-0.05, 0) is 6.42 Å². The van der Waals surface area contributed by atoms with Crippen LogP contribution in [-0.4, -0.2) is 63.8 Å². The minimum atomic E-state index is -0.270. The molecule has 112 valence electrons. The summed E-state index contributed by atoms with van der Waals surface area (Å²) in [4.78, 5) is 24.7. The van der Waals surface area contributed by atoms with E-state index >= 15 is 0 Å². The van der Waals surface area contributed by atoms with Crippen LogP contribution < -0.4 is 5.32 Å². The number of carbonyl (C=O) groups is 2. The summed E-state index contributed by atoms with van der Waals surface area (Å²) in [6, 6.07) is 0. The van der Waals surface area contributed by atoms with Crippen LogP contribution in [-0.2, 0) is 19.1 Å². The molecule has 0 heterocycles. The molecular weight excluding hydrogens is 248 g/mol. The van der Waals surface area contributed by atoms with Gasteiger partial charge in [0.15, 0.2) is 0 Å². The molecule has 0 fully saturated rings. The van der Waals surface area contributed by atoms with Gasteiger partial charge in [-0.15, -0.1) is 0 Å². The standard InChI is InChI=1S/C13H26N2O4/c1-4-5-7-14-12(16)11-15(9-10-18-2)8-6-13(17)19-3/h4-11H2,1-3H3,(H,14,16). The van der Waals surface area contributed by atoms with Crippen LogP contribution in [0, 0.1) is 0 Å². The Kier molecular flexibility index (Phi) is 11.2. The van der Waals surface area contributed by atoms with E-state index in [1.807, 2.05) is 4.90 Å². The topological polar surface area (TPSA) is 67.9 Å². The molecule has 0 rings (SSSR count). The molecule has 0 unspecified atom stereocenters. The molecule has 1 amide bonds. The van der Waals surface area contributed by atoms with Crippen molar-refractivity contribution < 1.29 is 19.1 Å². The zero-order valence-electron chi connectivity index (χ0n) is 12.2. The highest BCUT2D eigenvalue weighted by atomic mass is 16.5. The first-order chi connectivity index (χ1) is 9.13. The van der Waals surface area contributed by atoms with Crippen LogP contribution in [0.4, 0.5) is 0 Å². The summed E-state index contributed by atoms with van der Waals surface area (Å²) in [6.45, 7) is 4.71. The van der Waals surface area contributed by atoms with Gasteiger partial charge in [-0.25, -0.2) is 0 Å². The molecule has 6 nitrogen and oxygen atoms in total. The van der Waals surface area contributed by atoms with Crippen LogP contribution in [0.1, 0.15) is 26.2 Å². The van der Waals surface area contributed by atoms with E-state index in [-0.39, 0.29) is 24.8 Å². The first-order valence-electron chi connectivity index (χ1n) is 6.68. The highest BCUT2D eigenvalue weighted by Crippen LogP contribution is 1.94. The smallest absolute Gasteiger partial charge is 0.306 e. The van der Waals surface area contributed by atoms with E-state index in [2.05, 4.69) is 17.0 Å². The largest absolute Gasteiger partial charge is 0.469 e. The Balaban J connectivity index is 4.02. The second-order valence-electron chi connectivity index (χ2n) is 4.30. The first kappa shape index (κ1) is 17.9. The lowest BCUT2D eigenvalue weighted by molar-refractivity contribution is -0.141. The van der Waals surface area contributed by atoms with Crippen molar-refractivity contribution >= 4 is 11.9 Å². The fraction of sp³-hybridized carbons (Fsp3) is 0.846. The van der Waals surface area contributed by atoms with Gasteiger partial charge in [0.05, 0.1) is 26.7 Å². The molecule has 0 aliphatic heterocycles. The van der Waals surface area contributed by atoms with Crippen LogP contribution in [0.2, 0.25) is 0 Å². The number of nitrogens with one attached hydrogen (secondary N) is 1. The third-order valence-electron chi connectivity index (χ3n) is 2.69. The molecule has 0 aromatic rings. The van der Waals surface area contributed by atoms with Gasteiger partial charge >= 0.3 is 5.97 Å². The number of hydrogen-bond acceptors (Lipinski definition) is 5. The number of carbonyl (C=O) groups excluding carboxylic acids is 2. The molecular formula is C13H26N2O4. The second-order valence-corrected chi connectivity index (χ2v) is 4.30. The third kappa shape index (κ3) is 10.5. The SMILES string of the molecule is CCCCNC(=O)CN(CCOC)CCC(=O)OC. The lowest BCUT2D eigenvalue weighted by atomic mass is 10.3. The van der Waals surface area contributed by atoms with Crippen LogP contribution in [0.15, 0.2) is 0 Å². The molecule has 1 N–H and O–H groups in total. The Labute approximate surface area is 115 Å². The van der Waals surface area contributed by atoms with Crippen molar-refractivity contribution in [1.82, 2.24) is 10.2 Å². The van der Waals surface area contributed by atoms with Crippen molar-refractivity contribution in [2.45, 2.75) is 26.2 Å². The van der Waals surface area contributed by atoms with Crippen molar-refractivity contribution in [2.24, 2.45) is 0 Å². The number of hydrogen-bond donors (Lipinski definition) is 1. The predicted molar refractivity (Wildman–Crippen MR) is 72.9 cm³/mol. The monoisotopic (exact) mass is 274 g/mol. The molecule has 0 radical (unpaired) electrons. The lowest BCUT2D eigenvalue weighted by Crippen LogP contribution is -2.40. The minimum absolute atomic E-state index is 0.0191. The molecule has 0 aliphatic carbocycles. The molecule has 0 bridgehead atoms. The summed E-state index contributed by atoms with van der Waals surface area (Å²) in [5.74, 6) is -0.289. The summed E-state index contributed by atoms with van der Waals surface area (Å²) in [6.07, 6.45) is 2.31. The van der Waals surface area contributed by atoms with Gasteiger partial charge in [0.25, 0.3) is 0 Å². The molecule has 6 heteroatoms. The fourth-order valence-electron chi connectivity index (χ4n) is 1.51. The van der Waals surface area contributed by atoms with E-state index < -0.39 is 0 Å². The maximum Gasteiger partial charge on any atom is 0.306 e. The molecule has 0 spiro atoms. The molecule has 0 aliphatic rings. The minimum Gasteiger partial charge on any atom is -0.469 e. The van der Waals surface area contributed by atoms with E-state index in [9.17, 15) is 9.59 Å². The first-order valence-corrected chi connectivity index (χ1v) is 6.68. The van der Waals surface area contributed by atoms with Gasteiger partial charge in [0, 0.05) is 26.7 Å². The zero-order chi connectivity index (χ0) is 14.5. The van der Waals surface area contributed by atoms with Gasteiger partial charge in [0.1, 0.15) is 0 Å². The van der Waals surface area contributed by atoms with Crippen LogP contribution in [0.3, 0.4) is 0 Å². The van der Waals surface area contributed by atoms with E-state index in [4.69, 9.17) is 4.74 Å². The van der Waals surface area contributed by atoms with E-state index in [0.717, 1.165) is 12.8 Å². The Morgan fingerprint density at radius 1 is 1.21 bits per heavy atom. The number of methoxy groups -OCH3 is 2. The summed E-state index contributed by atoms with van der Waals surface area (Å²) in [7, 11) is 2.97. The van der Waals surface area contributed by atoms with E-state index in [1.165, 1.54) is 7.11 Å². The van der Waals surface area contributed by atoms with Gasteiger partial charge in [-0.1, -0.05) is 13.3 Å². The maximum absolute atomic E-state index is 11.7. The second kappa shape index (κ2) is 11.9. The Morgan fingerprint density at radius 3 is 2.53 bits per heavy atom. The zero-order valence-corrected chi connectivity index (χ0v) is 12.2. The Hall–Kier alpha value is -1.14. The maximum atomic E-state index is 11.7. The number of amides is 1. The van der Waals surface area contributed by atoms with E-state index in [1.54, 1.807) is 7.11 Å². The quantitative estimate of drug-likeness (QED) is 0.437. The van der Waals surface area contributed by atoms with Crippen molar-refractivity contribution in [1.29, 1.82) is 0 Å². The highest BCUT2D eigenvalue weighted by Gasteiger charge is 2.12. The molecule has 19 heavy (non-hydrogen) atoms. The van der Waals surface area contributed by atoms with Crippen LogP contribution >= 0.6 is 0 Å². The summed E-state index contributed by atoms with van der Waals surface area (Å²) in [5, 5.41) is 2.85. The fourth-order valence-corrected chi connectivity index (χ4v) is 1.51. The normalized spacial score (nSPS) is 10.5. The molecule has 0 aromatic carbocycles. The van der Waals surface area contributed by atoms with Crippen molar-refractivity contribution in [2.75, 3.05) is 47.0 Å². The van der Waals surface area contributed by atoms with Gasteiger partial charge in [-0.3, -0.25) is 14.5 Å². The van der Waals surface area contributed by atoms with Crippen LogP contribution in [0.25, 0.3) is 0 Å². The van der Waals surface area contributed by atoms with Crippen molar-refractivity contribution in [3.63, 3.8) is 0 Å². The average Bonchev–Trinajstić information content (AvgIpc) is 2.41. The van der Waals surface area contributed by atoms with Gasteiger partial charge in [-0.2, -0.15) is 0 Å². The number of ether oxygens (including phenoxy) is 2. The number of esters is 1. The molecule has 0 saturated heterocycles.